The Morgan fingerprint density at radius 1 is 1.21 bits per heavy atom. The molecule has 2 heterocycles. The van der Waals surface area contributed by atoms with Gasteiger partial charge in [-0.3, -0.25) is 19.2 Å². The summed E-state index contributed by atoms with van der Waals surface area (Å²) in [4.78, 5) is 57.2. The zero-order chi connectivity index (χ0) is 24.3. The van der Waals surface area contributed by atoms with Crippen LogP contribution < -0.4 is 10.6 Å². The Morgan fingerprint density at radius 3 is 2.42 bits per heavy atom. The minimum atomic E-state index is -0.820. The summed E-state index contributed by atoms with van der Waals surface area (Å²) < 4.78 is 0. The summed E-state index contributed by atoms with van der Waals surface area (Å²) in [6.45, 7) is 9.42. The van der Waals surface area contributed by atoms with Crippen LogP contribution in [0.25, 0.3) is 0 Å². The van der Waals surface area contributed by atoms with Crippen molar-refractivity contribution in [2.75, 3.05) is 13.1 Å². The number of nitrogens with one attached hydrogen (secondary N) is 2. The molecule has 1 aliphatic carbocycles. The van der Waals surface area contributed by atoms with Crippen molar-refractivity contribution in [2.24, 2.45) is 11.3 Å². The topological polar surface area (TPSA) is 108 Å². The molecule has 3 rings (SSSR count). The van der Waals surface area contributed by atoms with E-state index in [9.17, 15) is 19.2 Å². The van der Waals surface area contributed by atoms with Crippen molar-refractivity contribution < 1.29 is 19.2 Å². The van der Waals surface area contributed by atoms with Crippen LogP contribution in [0.15, 0.2) is 5.51 Å². The minimum absolute atomic E-state index is 0.0197. The molecule has 0 bridgehead atoms. The number of carbonyl (C=O) groups is 4. The SMILES string of the molecule is CC(=O)N[C@H](C(=O)N1CC(=O)C[C@H]1C(=O)NCC1CCC(c2scnc2C)CC1)C(C)(C)C. The second kappa shape index (κ2) is 10.3. The maximum atomic E-state index is 13.2. The van der Waals surface area contributed by atoms with Gasteiger partial charge in [0.25, 0.3) is 0 Å². The maximum absolute atomic E-state index is 13.2. The molecule has 1 saturated heterocycles. The van der Waals surface area contributed by atoms with Crippen molar-refractivity contribution in [3.05, 3.63) is 16.1 Å². The smallest absolute Gasteiger partial charge is 0.246 e. The molecule has 3 amide bonds. The Balaban J connectivity index is 1.57. The number of nitrogens with zero attached hydrogens (tertiary/aromatic N) is 2. The van der Waals surface area contributed by atoms with Crippen LogP contribution in [-0.2, 0) is 19.2 Å². The van der Waals surface area contributed by atoms with Gasteiger partial charge in [0, 0.05) is 24.8 Å². The van der Waals surface area contributed by atoms with Crippen LogP contribution in [0.1, 0.15) is 76.3 Å². The van der Waals surface area contributed by atoms with Gasteiger partial charge in [-0.25, -0.2) is 4.98 Å². The number of amides is 3. The molecule has 9 heteroatoms. The van der Waals surface area contributed by atoms with E-state index in [1.54, 1.807) is 11.3 Å². The molecule has 2 atom stereocenters. The lowest BCUT2D eigenvalue weighted by atomic mass is 9.81. The number of rotatable bonds is 6. The van der Waals surface area contributed by atoms with Crippen LogP contribution >= 0.6 is 11.3 Å². The molecule has 1 saturated carbocycles. The van der Waals surface area contributed by atoms with E-state index in [2.05, 4.69) is 22.5 Å². The van der Waals surface area contributed by atoms with E-state index >= 15 is 0 Å². The summed E-state index contributed by atoms with van der Waals surface area (Å²) in [6.07, 6.45) is 4.25. The van der Waals surface area contributed by atoms with Gasteiger partial charge < -0.3 is 15.5 Å². The fourth-order valence-electron chi connectivity index (χ4n) is 4.87. The molecule has 0 aromatic carbocycles. The van der Waals surface area contributed by atoms with Crippen molar-refractivity contribution >= 4 is 34.8 Å². The summed E-state index contributed by atoms with van der Waals surface area (Å²) in [7, 11) is 0. The average Bonchev–Trinajstić information content (AvgIpc) is 3.35. The molecule has 2 N–H and O–H groups in total. The van der Waals surface area contributed by atoms with Crippen molar-refractivity contribution in [1.29, 1.82) is 0 Å². The first kappa shape index (κ1) is 25.3. The average molecular weight is 477 g/mol. The van der Waals surface area contributed by atoms with E-state index in [1.165, 1.54) is 16.7 Å². The lowest BCUT2D eigenvalue weighted by Crippen LogP contribution is -2.57. The highest BCUT2D eigenvalue weighted by molar-refractivity contribution is 7.09. The quantitative estimate of drug-likeness (QED) is 0.656. The number of likely N-dealkylation sites (tertiary alicyclic amines) is 1. The zero-order valence-electron chi connectivity index (χ0n) is 20.3. The molecule has 1 aromatic rings. The van der Waals surface area contributed by atoms with Crippen molar-refractivity contribution in [3.8, 4) is 0 Å². The Kier molecular flexibility index (Phi) is 7.92. The van der Waals surface area contributed by atoms with E-state index in [0.29, 0.717) is 18.4 Å². The number of hydrogen-bond donors (Lipinski definition) is 2. The number of hydrogen-bond acceptors (Lipinski definition) is 6. The molecular weight excluding hydrogens is 440 g/mol. The zero-order valence-corrected chi connectivity index (χ0v) is 21.1. The van der Waals surface area contributed by atoms with Gasteiger partial charge in [0.05, 0.1) is 17.7 Å². The number of ketones is 1. The standard InChI is InChI=1S/C24H36N4O4S/c1-14-20(33-13-26-14)17-8-6-16(7-9-17)11-25-22(31)19-10-18(30)12-28(19)23(32)21(24(3,4)5)27-15(2)29/h13,16-17,19,21H,6-12H2,1-5H3,(H,25,31)(H,27,29)/t16?,17?,19-,21+/m0/s1. The number of Topliss-reactive ketones (excluding diaryl/α,β-unsaturated/α-hetero) is 1. The molecule has 2 fully saturated rings. The summed E-state index contributed by atoms with van der Waals surface area (Å²) in [5.74, 6) is -0.192. The molecule has 182 valence electrons. The van der Waals surface area contributed by atoms with Gasteiger partial charge in [-0.2, -0.15) is 0 Å². The van der Waals surface area contributed by atoms with E-state index in [1.807, 2.05) is 26.3 Å². The maximum Gasteiger partial charge on any atom is 0.246 e. The molecular formula is C24H36N4O4S. The Labute approximate surface area is 199 Å². The summed E-state index contributed by atoms with van der Waals surface area (Å²) in [5.41, 5.74) is 2.48. The molecule has 0 unspecified atom stereocenters. The second-order valence-corrected chi connectivity index (χ2v) is 11.4. The summed E-state index contributed by atoms with van der Waals surface area (Å²) >= 11 is 1.73. The van der Waals surface area contributed by atoms with E-state index in [4.69, 9.17) is 0 Å². The van der Waals surface area contributed by atoms with Crippen LogP contribution in [-0.4, -0.2) is 58.6 Å². The van der Waals surface area contributed by atoms with Crippen molar-refractivity contribution in [1.82, 2.24) is 20.5 Å². The number of carbonyl (C=O) groups excluding carboxylic acids is 4. The molecule has 0 radical (unpaired) electrons. The van der Waals surface area contributed by atoms with Gasteiger partial charge in [-0.1, -0.05) is 20.8 Å². The van der Waals surface area contributed by atoms with E-state index in [-0.39, 0.29) is 36.5 Å². The first-order chi connectivity index (χ1) is 15.5. The highest BCUT2D eigenvalue weighted by Gasteiger charge is 2.44. The number of thiazole rings is 1. The molecule has 1 aliphatic heterocycles. The van der Waals surface area contributed by atoms with Gasteiger partial charge >= 0.3 is 0 Å². The van der Waals surface area contributed by atoms with Crippen LogP contribution in [0.3, 0.4) is 0 Å². The minimum Gasteiger partial charge on any atom is -0.354 e. The molecule has 2 aliphatic rings. The predicted molar refractivity (Wildman–Crippen MR) is 127 cm³/mol. The monoisotopic (exact) mass is 476 g/mol. The lowest BCUT2D eigenvalue weighted by Gasteiger charge is -2.35. The fourth-order valence-corrected chi connectivity index (χ4v) is 5.84. The third kappa shape index (κ3) is 6.19. The third-order valence-electron chi connectivity index (χ3n) is 6.76. The third-order valence-corrected chi connectivity index (χ3v) is 7.85. The highest BCUT2D eigenvalue weighted by atomic mass is 32.1. The Morgan fingerprint density at radius 2 is 1.88 bits per heavy atom. The first-order valence-corrected chi connectivity index (χ1v) is 12.6. The van der Waals surface area contributed by atoms with Gasteiger partial charge in [0.2, 0.25) is 17.7 Å². The van der Waals surface area contributed by atoms with Crippen LogP contribution in [0.5, 0.6) is 0 Å². The molecule has 8 nitrogen and oxygen atoms in total. The summed E-state index contributed by atoms with van der Waals surface area (Å²) in [5, 5.41) is 5.69. The highest BCUT2D eigenvalue weighted by Crippen LogP contribution is 2.38. The summed E-state index contributed by atoms with van der Waals surface area (Å²) in [6, 6.07) is -1.62. The normalized spacial score (nSPS) is 24.5. The van der Waals surface area contributed by atoms with Gasteiger partial charge in [-0.05, 0) is 49.9 Å². The van der Waals surface area contributed by atoms with E-state index in [0.717, 1.165) is 31.4 Å². The lowest BCUT2D eigenvalue weighted by molar-refractivity contribution is -0.143. The van der Waals surface area contributed by atoms with Crippen molar-refractivity contribution in [2.45, 2.75) is 84.7 Å². The Bertz CT molecular complexity index is 899. The largest absolute Gasteiger partial charge is 0.354 e. The molecule has 1 aromatic heterocycles. The first-order valence-electron chi connectivity index (χ1n) is 11.7. The van der Waals surface area contributed by atoms with E-state index < -0.39 is 17.5 Å². The molecule has 0 spiro atoms. The molecule has 33 heavy (non-hydrogen) atoms. The Hall–Kier alpha value is -2.29. The van der Waals surface area contributed by atoms with Gasteiger partial charge in [0.1, 0.15) is 12.1 Å². The van der Waals surface area contributed by atoms with Crippen molar-refractivity contribution in [3.63, 3.8) is 0 Å². The predicted octanol–water partition coefficient (Wildman–Crippen LogP) is 2.56. The van der Waals surface area contributed by atoms with Crippen LogP contribution in [0, 0.1) is 18.3 Å². The second-order valence-electron chi connectivity index (χ2n) is 10.5. The van der Waals surface area contributed by atoms with Crippen LogP contribution in [0.4, 0.5) is 0 Å². The number of aryl methyl sites for hydroxylation is 1. The van der Waals surface area contributed by atoms with Gasteiger partial charge in [-0.15, -0.1) is 11.3 Å². The van der Waals surface area contributed by atoms with Gasteiger partial charge in [0.15, 0.2) is 5.78 Å². The van der Waals surface area contributed by atoms with Crippen LogP contribution in [0.2, 0.25) is 0 Å². The number of aromatic nitrogens is 1. The fraction of sp³-hybridized carbons (Fsp3) is 0.708.